The smallest absolute Gasteiger partial charge is 0.113 e. The van der Waals surface area contributed by atoms with Gasteiger partial charge < -0.3 is 10.5 Å². The number of hydrogen-bond acceptors (Lipinski definition) is 2. The topological polar surface area (TPSA) is 35.2 Å². The summed E-state index contributed by atoms with van der Waals surface area (Å²) in [5.41, 5.74) is 5.37. The molecule has 0 fully saturated rings. The van der Waals surface area contributed by atoms with E-state index in [2.05, 4.69) is 27.4 Å². The van der Waals surface area contributed by atoms with Gasteiger partial charge in [-0.1, -0.05) is 48.1 Å². The molecule has 0 aromatic heterocycles. The number of hydrogen-bond donors (Lipinski definition) is 1. The normalized spacial score (nSPS) is 9.69. The molecule has 0 bridgehead atoms. The molecule has 0 amide bonds. The first-order valence-corrected chi connectivity index (χ1v) is 6.16. The summed E-state index contributed by atoms with van der Waals surface area (Å²) in [4.78, 5) is 0. The molecule has 0 aliphatic rings. The first-order chi connectivity index (χ1) is 7.43. The summed E-state index contributed by atoms with van der Waals surface area (Å²) in [5.74, 6) is 2.32. The first kappa shape index (κ1) is 20.6. The zero-order valence-corrected chi connectivity index (χ0v) is 12.3. The zero-order valence-electron chi connectivity index (χ0n) is 12.3. The maximum atomic E-state index is 5.37. The van der Waals surface area contributed by atoms with Crippen LogP contribution in [0.15, 0.2) is 24.2 Å². The Morgan fingerprint density at radius 1 is 1.31 bits per heavy atom. The molecule has 2 heteroatoms. The minimum absolute atomic E-state index is 0.445. The lowest BCUT2D eigenvalue weighted by Crippen LogP contribution is -2.05. The van der Waals surface area contributed by atoms with Gasteiger partial charge in [-0.25, -0.2) is 0 Å². The summed E-state index contributed by atoms with van der Waals surface area (Å²) in [6, 6.07) is 0. The molecule has 0 aliphatic heterocycles. The highest BCUT2D eigenvalue weighted by molar-refractivity contribution is 4.98. The fraction of sp³-hybridized carbons (Fsp3) is 0.714. The van der Waals surface area contributed by atoms with E-state index in [1.165, 1.54) is 0 Å². The van der Waals surface area contributed by atoms with Crippen LogP contribution in [0.5, 0.6) is 0 Å². The second-order valence-electron chi connectivity index (χ2n) is 3.82. The third-order valence-electron chi connectivity index (χ3n) is 0.938. The van der Waals surface area contributed by atoms with Crippen LogP contribution in [0.3, 0.4) is 0 Å². The highest BCUT2D eigenvalue weighted by Crippen LogP contribution is 2.02. The highest BCUT2D eigenvalue weighted by Gasteiger charge is 1.92. The molecule has 0 aromatic rings. The Balaban J connectivity index is -0.000000237. The minimum atomic E-state index is 0.445. The molecule has 0 aromatic carbocycles. The second-order valence-corrected chi connectivity index (χ2v) is 3.82. The van der Waals surface area contributed by atoms with Gasteiger partial charge in [-0.05, 0) is 25.3 Å². The zero-order chi connectivity index (χ0) is 13.6. The summed E-state index contributed by atoms with van der Waals surface area (Å²) >= 11 is 0. The lowest BCUT2D eigenvalue weighted by molar-refractivity contribution is 0.302. The van der Waals surface area contributed by atoms with Gasteiger partial charge in [0.15, 0.2) is 0 Å². The van der Waals surface area contributed by atoms with Gasteiger partial charge in [-0.15, -0.1) is 0 Å². The lowest BCUT2D eigenvalue weighted by Gasteiger charge is -2.05. The van der Waals surface area contributed by atoms with Crippen molar-refractivity contribution in [3.8, 4) is 0 Å². The summed E-state index contributed by atoms with van der Waals surface area (Å²) in [7, 11) is 0. The second kappa shape index (κ2) is 16.7. The maximum Gasteiger partial charge on any atom is 0.113 e. The van der Waals surface area contributed by atoms with Crippen LogP contribution >= 0.6 is 0 Å². The van der Waals surface area contributed by atoms with Crippen LogP contribution in [-0.4, -0.2) is 6.54 Å². The number of nitrogens with two attached hydrogens (primary N) is 1. The van der Waals surface area contributed by atoms with Gasteiger partial charge >= 0.3 is 0 Å². The molecule has 0 atom stereocenters. The highest BCUT2D eigenvalue weighted by atomic mass is 16.5. The van der Waals surface area contributed by atoms with E-state index in [0.717, 1.165) is 18.1 Å². The van der Waals surface area contributed by atoms with Crippen molar-refractivity contribution in [1.82, 2.24) is 0 Å². The molecule has 0 unspecified atom stereocenters. The maximum absolute atomic E-state index is 5.37. The molecule has 0 aliphatic carbocycles. The Morgan fingerprint density at radius 2 is 1.69 bits per heavy atom. The average Bonchev–Trinajstić information content (AvgIpc) is 2.18. The van der Waals surface area contributed by atoms with Crippen molar-refractivity contribution in [2.45, 2.75) is 54.9 Å². The first-order valence-electron chi connectivity index (χ1n) is 6.16. The number of ether oxygens (including phenoxy) is 1. The summed E-state index contributed by atoms with van der Waals surface area (Å²) in [5, 5.41) is 0. The fourth-order valence-electron chi connectivity index (χ4n) is 0.618. The van der Waals surface area contributed by atoms with Crippen molar-refractivity contribution in [3.63, 3.8) is 0 Å². The van der Waals surface area contributed by atoms with Crippen LogP contribution in [0.25, 0.3) is 0 Å². The van der Waals surface area contributed by atoms with Gasteiger partial charge in [0.2, 0.25) is 0 Å². The summed E-state index contributed by atoms with van der Waals surface area (Å²) in [6.07, 6.45) is 2.90. The third kappa shape index (κ3) is 29.2. The van der Waals surface area contributed by atoms with Gasteiger partial charge in [0.05, 0.1) is 12.3 Å². The van der Waals surface area contributed by atoms with E-state index in [9.17, 15) is 0 Å². The summed E-state index contributed by atoms with van der Waals surface area (Å²) < 4.78 is 5.18. The molecular formula is C14H31NO. The molecule has 98 valence electrons. The van der Waals surface area contributed by atoms with Crippen molar-refractivity contribution >= 4 is 0 Å². The van der Waals surface area contributed by atoms with E-state index < -0.39 is 0 Å². The predicted molar refractivity (Wildman–Crippen MR) is 75.2 cm³/mol. The Bertz CT molecular complexity index is 169. The van der Waals surface area contributed by atoms with Crippen LogP contribution in [-0.2, 0) is 4.74 Å². The number of rotatable bonds is 4. The van der Waals surface area contributed by atoms with E-state index in [1.807, 2.05) is 26.8 Å². The molecule has 0 spiro atoms. The van der Waals surface area contributed by atoms with Crippen molar-refractivity contribution in [3.05, 3.63) is 24.2 Å². The lowest BCUT2D eigenvalue weighted by atomic mass is 10.3. The minimum Gasteiger partial charge on any atom is -0.466 e. The van der Waals surface area contributed by atoms with Gasteiger partial charge in [-0.2, -0.15) is 0 Å². The van der Waals surface area contributed by atoms with Crippen LogP contribution in [0.2, 0.25) is 0 Å². The molecule has 2 N–H and O–H groups in total. The van der Waals surface area contributed by atoms with Crippen molar-refractivity contribution < 1.29 is 4.74 Å². The Morgan fingerprint density at radius 3 is 1.88 bits per heavy atom. The Kier molecular flexibility index (Phi) is 21.5. The van der Waals surface area contributed by atoms with Gasteiger partial charge in [-0.3, -0.25) is 0 Å². The van der Waals surface area contributed by atoms with Crippen LogP contribution < -0.4 is 5.73 Å². The largest absolute Gasteiger partial charge is 0.466 e. The number of allylic oxidation sites excluding steroid dienone is 2. The molecule has 0 saturated carbocycles. The summed E-state index contributed by atoms with van der Waals surface area (Å²) in [6.45, 7) is 18.4. The van der Waals surface area contributed by atoms with Gasteiger partial charge in [0.25, 0.3) is 0 Å². The van der Waals surface area contributed by atoms with E-state index in [1.54, 1.807) is 6.92 Å². The molecule has 16 heavy (non-hydrogen) atoms. The Hall–Kier alpha value is -0.760. The quantitative estimate of drug-likeness (QED) is 0.721. The van der Waals surface area contributed by atoms with Crippen molar-refractivity contribution in [2.75, 3.05) is 6.54 Å². The van der Waals surface area contributed by atoms with E-state index >= 15 is 0 Å². The van der Waals surface area contributed by atoms with Crippen molar-refractivity contribution in [2.24, 2.45) is 11.7 Å². The SMILES string of the molecule is C=C(C)O/C(=C\CC)CN.CC.CC(C)C. The van der Waals surface area contributed by atoms with Crippen LogP contribution in [0.1, 0.15) is 54.9 Å². The molecule has 2 nitrogen and oxygen atoms in total. The average molecular weight is 229 g/mol. The van der Waals surface area contributed by atoms with E-state index in [-0.39, 0.29) is 0 Å². The monoisotopic (exact) mass is 229 g/mol. The standard InChI is InChI=1S/C8H15NO.C4H10.C2H6/c1-4-5-8(6-9)10-7(2)3;1-4(2)3;1-2/h5H,2,4,6,9H2,1,3H3;4H,1-3H3;1-2H3/b8-5-;;. The third-order valence-corrected chi connectivity index (χ3v) is 0.938. The van der Waals surface area contributed by atoms with Gasteiger partial charge in [0.1, 0.15) is 5.76 Å². The fourth-order valence-corrected chi connectivity index (χ4v) is 0.618. The molecule has 0 saturated heterocycles. The molecular weight excluding hydrogens is 198 g/mol. The predicted octanol–water partition coefficient (Wildman–Crippen LogP) is 4.48. The van der Waals surface area contributed by atoms with Crippen molar-refractivity contribution in [1.29, 1.82) is 0 Å². The van der Waals surface area contributed by atoms with Crippen LogP contribution in [0.4, 0.5) is 0 Å². The molecule has 0 rings (SSSR count). The Labute approximate surface area is 103 Å². The molecule has 0 heterocycles. The molecule has 0 radical (unpaired) electrons. The van der Waals surface area contributed by atoms with Crippen LogP contribution in [0, 0.1) is 5.92 Å². The van der Waals surface area contributed by atoms with E-state index in [4.69, 9.17) is 10.5 Å². The van der Waals surface area contributed by atoms with Gasteiger partial charge in [0, 0.05) is 0 Å². The van der Waals surface area contributed by atoms with E-state index in [0.29, 0.717) is 12.3 Å².